The lowest BCUT2D eigenvalue weighted by Crippen LogP contribution is -2.36. The molecule has 120 valence electrons. The van der Waals surface area contributed by atoms with Crippen LogP contribution in [0.2, 0.25) is 0 Å². The van der Waals surface area contributed by atoms with Crippen LogP contribution in [0.15, 0.2) is 53.5 Å². The van der Waals surface area contributed by atoms with Crippen molar-refractivity contribution in [3.63, 3.8) is 0 Å². The van der Waals surface area contributed by atoms with Gasteiger partial charge in [0.25, 0.3) is 5.56 Å². The lowest BCUT2D eigenvalue weighted by atomic mass is 10.2. The van der Waals surface area contributed by atoms with Gasteiger partial charge in [0.05, 0.1) is 13.2 Å². The second-order valence-electron chi connectivity index (χ2n) is 5.36. The number of anilines is 2. The number of nitrogens with one attached hydrogen (secondary N) is 1. The quantitative estimate of drug-likeness (QED) is 0.925. The number of aromatic nitrogens is 1. The monoisotopic (exact) mass is 313 g/mol. The molecular formula is C17H19N3O3. The Labute approximate surface area is 134 Å². The third-order valence-electron chi connectivity index (χ3n) is 3.74. The van der Waals surface area contributed by atoms with E-state index in [-0.39, 0.29) is 18.0 Å². The average molecular weight is 313 g/mol. The third kappa shape index (κ3) is 3.98. The van der Waals surface area contributed by atoms with Crippen LogP contribution in [0.25, 0.3) is 0 Å². The zero-order valence-electron chi connectivity index (χ0n) is 12.8. The molecule has 0 saturated carbocycles. The number of ether oxygens (including phenoxy) is 1. The molecule has 2 aromatic rings. The summed E-state index contributed by atoms with van der Waals surface area (Å²) in [4.78, 5) is 25.9. The van der Waals surface area contributed by atoms with Crippen LogP contribution in [-0.2, 0) is 16.1 Å². The Bertz CT molecular complexity index is 718. The highest BCUT2D eigenvalue weighted by atomic mass is 16.5. The molecule has 0 radical (unpaired) electrons. The zero-order chi connectivity index (χ0) is 16.1. The van der Waals surface area contributed by atoms with E-state index in [1.807, 2.05) is 24.3 Å². The number of hydrogen-bond donors (Lipinski definition) is 1. The lowest BCUT2D eigenvalue weighted by molar-refractivity contribution is -0.116. The van der Waals surface area contributed by atoms with Crippen LogP contribution in [0, 0.1) is 0 Å². The molecule has 0 unspecified atom stereocenters. The van der Waals surface area contributed by atoms with Crippen LogP contribution in [0.4, 0.5) is 11.4 Å². The van der Waals surface area contributed by atoms with E-state index >= 15 is 0 Å². The predicted molar refractivity (Wildman–Crippen MR) is 88.8 cm³/mol. The molecule has 23 heavy (non-hydrogen) atoms. The van der Waals surface area contributed by atoms with Crippen molar-refractivity contribution < 1.29 is 9.53 Å². The van der Waals surface area contributed by atoms with Gasteiger partial charge in [0.15, 0.2) is 0 Å². The molecule has 6 nitrogen and oxygen atoms in total. The number of hydrogen-bond acceptors (Lipinski definition) is 4. The second-order valence-corrected chi connectivity index (χ2v) is 5.36. The Morgan fingerprint density at radius 2 is 1.83 bits per heavy atom. The largest absolute Gasteiger partial charge is 0.378 e. The summed E-state index contributed by atoms with van der Waals surface area (Å²) in [6, 6.07) is 12.5. The van der Waals surface area contributed by atoms with E-state index in [0.29, 0.717) is 0 Å². The summed E-state index contributed by atoms with van der Waals surface area (Å²) in [6.45, 7) is 3.24. The minimum Gasteiger partial charge on any atom is -0.378 e. The number of carbonyl (C=O) groups excluding carboxylic acids is 1. The highest BCUT2D eigenvalue weighted by Gasteiger charge is 2.11. The first-order valence-electron chi connectivity index (χ1n) is 7.60. The molecule has 1 aromatic carbocycles. The highest BCUT2D eigenvalue weighted by Crippen LogP contribution is 2.18. The van der Waals surface area contributed by atoms with Crippen molar-refractivity contribution in [2.45, 2.75) is 6.54 Å². The molecule has 2 heterocycles. The van der Waals surface area contributed by atoms with Gasteiger partial charge in [-0.25, -0.2) is 0 Å². The fourth-order valence-electron chi connectivity index (χ4n) is 2.52. The number of pyridine rings is 1. The Hall–Kier alpha value is -2.60. The number of nitrogens with zero attached hydrogens (tertiary/aromatic N) is 2. The minimum absolute atomic E-state index is 0.00485. The van der Waals surface area contributed by atoms with Gasteiger partial charge in [-0.15, -0.1) is 0 Å². The summed E-state index contributed by atoms with van der Waals surface area (Å²) in [5.41, 5.74) is 1.65. The lowest BCUT2D eigenvalue weighted by Gasteiger charge is -2.28. The molecule has 0 aliphatic carbocycles. The van der Waals surface area contributed by atoms with Crippen molar-refractivity contribution in [3.8, 4) is 0 Å². The maximum atomic E-state index is 12.0. The molecule has 1 amide bonds. The number of rotatable bonds is 4. The molecule has 6 heteroatoms. The Morgan fingerprint density at radius 1 is 1.09 bits per heavy atom. The van der Waals surface area contributed by atoms with E-state index in [0.717, 1.165) is 37.7 Å². The van der Waals surface area contributed by atoms with Crippen molar-refractivity contribution in [3.05, 3.63) is 59.0 Å². The first kappa shape index (κ1) is 15.3. The first-order chi connectivity index (χ1) is 11.2. The number of carbonyl (C=O) groups is 1. The Kier molecular flexibility index (Phi) is 4.73. The topological polar surface area (TPSA) is 63.6 Å². The smallest absolute Gasteiger partial charge is 0.250 e. The summed E-state index contributed by atoms with van der Waals surface area (Å²) in [5.74, 6) is -0.225. The molecule has 1 aromatic heterocycles. The number of amides is 1. The van der Waals surface area contributed by atoms with Crippen LogP contribution in [0.5, 0.6) is 0 Å². The van der Waals surface area contributed by atoms with Gasteiger partial charge in [0.1, 0.15) is 6.54 Å². The third-order valence-corrected chi connectivity index (χ3v) is 3.74. The van der Waals surface area contributed by atoms with Crippen LogP contribution in [0.3, 0.4) is 0 Å². The SMILES string of the molecule is O=C(Cn1ccccc1=O)Nc1ccc(N2CCOCC2)cc1. The fraction of sp³-hybridized carbons (Fsp3) is 0.294. The summed E-state index contributed by atoms with van der Waals surface area (Å²) in [6.07, 6.45) is 1.60. The molecule has 1 aliphatic heterocycles. The number of morpholine rings is 1. The van der Waals surface area contributed by atoms with E-state index < -0.39 is 0 Å². The van der Waals surface area contributed by atoms with Crippen molar-refractivity contribution in [1.29, 1.82) is 0 Å². The van der Waals surface area contributed by atoms with Crippen LogP contribution in [0.1, 0.15) is 0 Å². The van der Waals surface area contributed by atoms with E-state index in [4.69, 9.17) is 4.74 Å². The average Bonchev–Trinajstić information content (AvgIpc) is 2.58. The van der Waals surface area contributed by atoms with Crippen molar-refractivity contribution in [2.75, 3.05) is 36.5 Å². The van der Waals surface area contributed by atoms with Gasteiger partial charge in [0, 0.05) is 36.7 Å². The predicted octanol–water partition coefficient (Wildman–Crippen LogP) is 1.32. The van der Waals surface area contributed by atoms with Crippen LogP contribution in [-0.4, -0.2) is 36.8 Å². The zero-order valence-corrected chi connectivity index (χ0v) is 12.8. The molecule has 1 saturated heterocycles. The first-order valence-corrected chi connectivity index (χ1v) is 7.60. The minimum atomic E-state index is -0.225. The van der Waals surface area contributed by atoms with Gasteiger partial charge in [-0.05, 0) is 30.3 Å². The van der Waals surface area contributed by atoms with E-state index in [2.05, 4.69) is 10.2 Å². The summed E-state index contributed by atoms with van der Waals surface area (Å²) in [7, 11) is 0. The molecule has 0 bridgehead atoms. The van der Waals surface area contributed by atoms with E-state index in [1.165, 1.54) is 10.6 Å². The molecular weight excluding hydrogens is 294 g/mol. The van der Waals surface area contributed by atoms with E-state index in [1.54, 1.807) is 18.3 Å². The fourth-order valence-corrected chi connectivity index (χ4v) is 2.52. The van der Waals surface area contributed by atoms with Gasteiger partial charge >= 0.3 is 0 Å². The summed E-state index contributed by atoms with van der Waals surface area (Å²) in [5, 5.41) is 2.81. The molecule has 0 spiro atoms. The van der Waals surface area contributed by atoms with Gasteiger partial charge in [-0.3, -0.25) is 9.59 Å². The number of benzene rings is 1. The summed E-state index contributed by atoms with van der Waals surface area (Å²) >= 11 is 0. The van der Waals surface area contributed by atoms with E-state index in [9.17, 15) is 9.59 Å². The van der Waals surface area contributed by atoms with Gasteiger partial charge in [-0.1, -0.05) is 6.07 Å². The van der Waals surface area contributed by atoms with Gasteiger partial charge < -0.3 is 19.5 Å². The normalized spacial score (nSPS) is 14.5. The molecule has 1 fully saturated rings. The van der Waals surface area contributed by atoms with Gasteiger partial charge in [0.2, 0.25) is 5.91 Å². The molecule has 1 aliphatic rings. The maximum absolute atomic E-state index is 12.0. The molecule has 1 N–H and O–H groups in total. The van der Waals surface area contributed by atoms with Crippen LogP contribution >= 0.6 is 0 Å². The van der Waals surface area contributed by atoms with Crippen LogP contribution < -0.4 is 15.8 Å². The van der Waals surface area contributed by atoms with Gasteiger partial charge in [-0.2, -0.15) is 0 Å². The second kappa shape index (κ2) is 7.11. The summed E-state index contributed by atoms with van der Waals surface area (Å²) < 4.78 is 6.71. The maximum Gasteiger partial charge on any atom is 0.250 e. The Balaban J connectivity index is 1.60. The standard InChI is InChI=1S/C17H19N3O3/c21-16(13-20-8-2-1-3-17(20)22)18-14-4-6-15(7-5-14)19-9-11-23-12-10-19/h1-8H,9-13H2,(H,18,21). The highest BCUT2D eigenvalue weighted by molar-refractivity contribution is 5.90. The van der Waals surface area contributed by atoms with Crippen molar-refractivity contribution in [1.82, 2.24) is 4.57 Å². The van der Waals surface area contributed by atoms with Crippen molar-refractivity contribution >= 4 is 17.3 Å². The Morgan fingerprint density at radius 3 is 2.52 bits per heavy atom. The van der Waals surface area contributed by atoms with Crippen molar-refractivity contribution in [2.24, 2.45) is 0 Å². The molecule has 0 atom stereocenters. The molecule has 3 rings (SSSR count).